The Bertz CT molecular complexity index is 526. The maximum atomic E-state index is 5.40. The third-order valence-electron chi connectivity index (χ3n) is 2.24. The minimum absolute atomic E-state index is 0.304. The highest BCUT2D eigenvalue weighted by Crippen LogP contribution is 2.23. The average molecular weight is 328 g/mol. The molecule has 0 aliphatic rings. The number of nitrogens with zero attached hydrogens (tertiary/aromatic N) is 3. The Morgan fingerprint density at radius 2 is 2.00 bits per heavy atom. The molecule has 2 rings (SSSR count). The normalized spacial score (nSPS) is 11.2. The molecule has 0 aromatic carbocycles. The van der Waals surface area contributed by atoms with Crippen molar-refractivity contribution in [1.82, 2.24) is 15.1 Å². The molecule has 0 aliphatic heterocycles. The van der Waals surface area contributed by atoms with Crippen LogP contribution in [0.2, 0.25) is 0 Å². The summed E-state index contributed by atoms with van der Waals surface area (Å²) in [7, 11) is 0. The number of halogens is 1. The smallest absolute Gasteiger partial charge is 0.283 e. The average Bonchev–Trinajstić information content (AvgIpc) is 2.88. The molecule has 0 amide bonds. The minimum atomic E-state index is -0.628. The summed E-state index contributed by atoms with van der Waals surface area (Å²) < 4.78 is 16.8. The van der Waals surface area contributed by atoms with Crippen molar-refractivity contribution in [2.45, 2.75) is 20.1 Å². The molecule has 0 unspecified atom stereocenters. The van der Waals surface area contributed by atoms with Crippen LogP contribution in [0.15, 0.2) is 27.5 Å². The van der Waals surface area contributed by atoms with Crippen molar-refractivity contribution in [2.75, 3.05) is 13.2 Å². The van der Waals surface area contributed by atoms with Crippen molar-refractivity contribution in [1.29, 1.82) is 0 Å². The van der Waals surface area contributed by atoms with E-state index in [2.05, 4.69) is 31.1 Å². The molecule has 2 aromatic rings. The predicted octanol–water partition coefficient (Wildman–Crippen LogP) is 2.97. The first kappa shape index (κ1) is 14.1. The highest BCUT2D eigenvalue weighted by atomic mass is 79.9. The zero-order valence-electron chi connectivity index (χ0n) is 10.7. The Labute approximate surface area is 119 Å². The molecule has 102 valence electrons. The van der Waals surface area contributed by atoms with Gasteiger partial charge in [-0.3, -0.25) is 4.98 Å². The van der Waals surface area contributed by atoms with E-state index in [-0.39, 0.29) is 0 Å². The van der Waals surface area contributed by atoms with Crippen molar-refractivity contribution in [3.8, 4) is 11.4 Å². The Morgan fingerprint density at radius 1 is 1.26 bits per heavy atom. The van der Waals surface area contributed by atoms with E-state index in [0.29, 0.717) is 24.9 Å². The molecule has 6 nitrogen and oxygen atoms in total. The summed E-state index contributed by atoms with van der Waals surface area (Å²) in [5.74, 6) is 0.756. The first-order valence-electron chi connectivity index (χ1n) is 5.92. The lowest BCUT2D eigenvalue weighted by molar-refractivity contribution is -0.155. The van der Waals surface area contributed by atoms with Gasteiger partial charge in [0.05, 0.1) is 0 Å². The fraction of sp³-hybridized carbons (Fsp3) is 0.417. The summed E-state index contributed by atoms with van der Waals surface area (Å²) >= 11 is 3.35. The van der Waals surface area contributed by atoms with Gasteiger partial charge in [-0.15, -0.1) is 0 Å². The Kier molecular flexibility index (Phi) is 5.00. The largest absolute Gasteiger partial charge is 0.345 e. The lowest BCUT2D eigenvalue weighted by Gasteiger charge is -2.11. The third-order valence-corrected chi connectivity index (χ3v) is 2.68. The molecule has 0 atom stereocenters. The van der Waals surface area contributed by atoms with Crippen LogP contribution in [0.5, 0.6) is 0 Å². The lowest BCUT2D eigenvalue weighted by Crippen LogP contribution is -2.09. The van der Waals surface area contributed by atoms with Gasteiger partial charge in [0.25, 0.3) is 5.89 Å². The van der Waals surface area contributed by atoms with Gasteiger partial charge in [0.1, 0.15) is 0 Å². The van der Waals surface area contributed by atoms with Crippen LogP contribution >= 0.6 is 15.9 Å². The topological polar surface area (TPSA) is 70.3 Å². The molecule has 19 heavy (non-hydrogen) atoms. The van der Waals surface area contributed by atoms with Crippen LogP contribution in [0.25, 0.3) is 11.4 Å². The molecule has 7 heteroatoms. The Morgan fingerprint density at radius 3 is 2.63 bits per heavy atom. The van der Waals surface area contributed by atoms with E-state index in [9.17, 15) is 0 Å². The van der Waals surface area contributed by atoms with E-state index in [4.69, 9.17) is 14.0 Å². The summed E-state index contributed by atoms with van der Waals surface area (Å²) in [4.78, 5) is 8.33. The third kappa shape index (κ3) is 3.59. The molecule has 0 saturated carbocycles. The maximum Gasteiger partial charge on any atom is 0.283 e. The van der Waals surface area contributed by atoms with Crippen LogP contribution in [0.3, 0.4) is 0 Å². The van der Waals surface area contributed by atoms with Gasteiger partial charge in [-0.25, -0.2) is 0 Å². The van der Waals surface area contributed by atoms with Crippen LogP contribution in [0.4, 0.5) is 0 Å². The van der Waals surface area contributed by atoms with Crippen LogP contribution in [0, 0.1) is 0 Å². The number of aromatic nitrogens is 3. The van der Waals surface area contributed by atoms with Gasteiger partial charge in [0.15, 0.2) is 0 Å². The highest BCUT2D eigenvalue weighted by molar-refractivity contribution is 9.10. The van der Waals surface area contributed by atoms with Gasteiger partial charge in [-0.2, -0.15) is 4.98 Å². The molecule has 0 saturated heterocycles. The molecule has 0 radical (unpaired) electrons. The number of pyridine rings is 1. The van der Waals surface area contributed by atoms with E-state index in [0.717, 1.165) is 10.0 Å². The van der Waals surface area contributed by atoms with Crippen LogP contribution in [-0.2, 0) is 9.47 Å². The predicted molar refractivity (Wildman–Crippen MR) is 71.2 cm³/mol. The van der Waals surface area contributed by atoms with Crippen molar-refractivity contribution >= 4 is 15.9 Å². The molecule has 2 aromatic heterocycles. The number of rotatable bonds is 6. The summed E-state index contributed by atoms with van der Waals surface area (Å²) in [5.41, 5.74) is 0.760. The number of ether oxygens (including phenoxy) is 2. The molecule has 0 N–H and O–H groups in total. The van der Waals surface area contributed by atoms with Crippen LogP contribution in [-0.4, -0.2) is 28.3 Å². The summed E-state index contributed by atoms with van der Waals surface area (Å²) in [6, 6.07) is 1.86. The van der Waals surface area contributed by atoms with Gasteiger partial charge >= 0.3 is 0 Å². The lowest BCUT2D eigenvalue weighted by atomic mass is 10.3. The van der Waals surface area contributed by atoms with E-state index >= 15 is 0 Å². The van der Waals surface area contributed by atoms with Crippen LogP contribution < -0.4 is 0 Å². The Hall–Kier alpha value is -1.31. The van der Waals surface area contributed by atoms with E-state index < -0.39 is 6.29 Å². The van der Waals surface area contributed by atoms with Crippen molar-refractivity contribution < 1.29 is 14.0 Å². The van der Waals surface area contributed by atoms with E-state index in [1.54, 1.807) is 12.4 Å². The SMILES string of the molecule is CCOC(OCC)c1nc(-c2cncc(Br)c2)no1. The molecule has 0 spiro atoms. The molecule has 0 bridgehead atoms. The second kappa shape index (κ2) is 6.74. The zero-order chi connectivity index (χ0) is 13.7. The maximum absolute atomic E-state index is 5.40. The minimum Gasteiger partial charge on any atom is -0.345 e. The van der Waals surface area contributed by atoms with Gasteiger partial charge < -0.3 is 14.0 Å². The van der Waals surface area contributed by atoms with Gasteiger partial charge in [0, 0.05) is 35.6 Å². The summed E-state index contributed by atoms with van der Waals surface area (Å²) in [6.45, 7) is 4.75. The Balaban J connectivity index is 2.22. The second-order valence-corrected chi connectivity index (χ2v) is 4.51. The summed E-state index contributed by atoms with van der Waals surface area (Å²) in [5, 5.41) is 3.91. The molecule has 0 aliphatic carbocycles. The first-order valence-corrected chi connectivity index (χ1v) is 6.71. The standard InChI is InChI=1S/C12H14BrN3O3/c1-3-17-12(18-4-2)11-15-10(16-19-11)8-5-9(13)7-14-6-8/h5-7,12H,3-4H2,1-2H3. The number of hydrogen-bond acceptors (Lipinski definition) is 6. The fourth-order valence-corrected chi connectivity index (χ4v) is 1.84. The first-order chi connectivity index (χ1) is 9.24. The summed E-state index contributed by atoms with van der Waals surface area (Å²) in [6.07, 6.45) is 2.72. The molecule has 2 heterocycles. The molecule has 0 fully saturated rings. The van der Waals surface area contributed by atoms with Gasteiger partial charge in [-0.1, -0.05) is 5.16 Å². The van der Waals surface area contributed by atoms with Gasteiger partial charge in [0.2, 0.25) is 12.1 Å². The van der Waals surface area contributed by atoms with E-state index in [1.807, 2.05) is 19.9 Å². The second-order valence-electron chi connectivity index (χ2n) is 3.59. The number of hydrogen-bond donors (Lipinski definition) is 0. The van der Waals surface area contributed by atoms with Crippen LogP contribution in [0.1, 0.15) is 26.0 Å². The zero-order valence-corrected chi connectivity index (χ0v) is 12.3. The molecular formula is C12H14BrN3O3. The fourth-order valence-electron chi connectivity index (χ4n) is 1.48. The molecular weight excluding hydrogens is 314 g/mol. The monoisotopic (exact) mass is 327 g/mol. The van der Waals surface area contributed by atoms with Crippen molar-refractivity contribution in [3.05, 3.63) is 28.8 Å². The van der Waals surface area contributed by atoms with E-state index in [1.165, 1.54) is 0 Å². The van der Waals surface area contributed by atoms with Crippen molar-refractivity contribution in [3.63, 3.8) is 0 Å². The van der Waals surface area contributed by atoms with Crippen molar-refractivity contribution in [2.24, 2.45) is 0 Å². The highest BCUT2D eigenvalue weighted by Gasteiger charge is 2.20. The van der Waals surface area contributed by atoms with Gasteiger partial charge in [-0.05, 0) is 35.8 Å². The quantitative estimate of drug-likeness (QED) is 0.759.